The molecule has 6 rings (SSSR count). The number of aliphatic hydroxyl groups is 1. The van der Waals surface area contributed by atoms with Gasteiger partial charge in [-0.25, -0.2) is 0 Å². The summed E-state index contributed by atoms with van der Waals surface area (Å²) in [6.45, 7) is 2.77. The number of hydrogen-bond donors (Lipinski definition) is 2. The molecule has 3 fully saturated rings. The van der Waals surface area contributed by atoms with Gasteiger partial charge in [-0.15, -0.1) is 0 Å². The van der Waals surface area contributed by atoms with Crippen LogP contribution >= 0.6 is 0 Å². The van der Waals surface area contributed by atoms with Crippen LogP contribution in [-0.4, -0.2) is 61.0 Å². The van der Waals surface area contributed by atoms with E-state index >= 15 is 0 Å². The second-order valence-electron chi connectivity index (χ2n) is 9.01. The molecule has 0 amide bonds. The molecular weight excluding hydrogens is 368 g/mol. The zero-order chi connectivity index (χ0) is 20.6. The standard InChI is InChI=1S/C23H29N2O4/c1-5-13-11-25(2)19-10-17(13)23(12-26,22(27)29-4)20(25)9-16-15-7-6-14(28-3)8-18(15)24-21(16)19/h5-8,17,19-20,24,26H,9-12H2,1-4H3/q+1/b13-5-/t17-,19-,20-,23?,25?/m0/s1. The lowest BCUT2D eigenvalue weighted by Gasteiger charge is -2.66. The summed E-state index contributed by atoms with van der Waals surface area (Å²) in [6.07, 6.45) is 3.72. The number of quaternary nitrogens is 1. The molecule has 0 radical (unpaired) electrons. The molecule has 2 N–H and O–H groups in total. The molecule has 3 saturated heterocycles. The minimum Gasteiger partial charge on any atom is -0.497 e. The van der Waals surface area contributed by atoms with E-state index in [0.717, 1.165) is 35.1 Å². The molecule has 5 heterocycles. The summed E-state index contributed by atoms with van der Waals surface area (Å²) in [5.74, 6) is 0.563. The number of allylic oxidation sites excluding steroid dienone is 1. The van der Waals surface area contributed by atoms with Crippen LogP contribution in [0.4, 0.5) is 0 Å². The fraction of sp³-hybridized carbons (Fsp3) is 0.522. The molecule has 0 spiro atoms. The van der Waals surface area contributed by atoms with Crippen molar-refractivity contribution in [2.24, 2.45) is 11.3 Å². The number of esters is 1. The van der Waals surface area contributed by atoms with E-state index in [4.69, 9.17) is 9.47 Å². The van der Waals surface area contributed by atoms with Crippen LogP contribution in [-0.2, 0) is 16.0 Å². The Hall–Kier alpha value is -2.31. The van der Waals surface area contributed by atoms with Crippen molar-refractivity contribution in [3.05, 3.63) is 41.1 Å². The summed E-state index contributed by atoms with van der Waals surface area (Å²) in [5, 5.41) is 11.8. The Labute approximate surface area is 170 Å². The van der Waals surface area contributed by atoms with Crippen molar-refractivity contribution in [1.29, 1.82) is 0 Å². The fourth-order valence-electron chi connectivity index (χ4n) is 6.78. The first kappa shape index (κ1) is 18.7. The van der Waals surface area contributed by atoms with Gasteiger partial charge in [0.25, 0.3) is 0 Å². The normalized spacial score (nSPS) is 36.3. The molecule has 4 bridgehead atoms. The number of likely N-dealkylation sites (N-methyl/N-ethyl adjacent to an activating group) is 1. The first-order chi connectivity index (χ1) is 13.9. The highest BCUT2D eigenvalue weighted by atomic mass is 16.5. The first-order valence-corrected chi connectivity index (χ1v) is 10.3. The van der Waals surface area contributed by atoms with Crippen LogP contribution in [0.2, 0.25) is 0 Å². The highest BCUT2D eigenvalue weighted by molar-refractivity contribution is 5.87. The van der Waals surface area contributed by atoms with E-state index in [2.05, 4.69) is 24.2 Å². The van der Waals surface area contributed by atoms with Gasteiger partial charge < -0.3 is 24.0 Å². The third-order valence-electron chi connectivity index (χ3n) is 8.15. The van der Waals surface area contributed by atoms with Crippen LogP contribution < -0.4 is 4.74 Å². The number of nitrogens with one attached hydrogen (secondary N) is 1. The Balaban J connectivity index is 1.75. The predicted molar refractivity (Wildman–Crippen MR) is 110 cm³/mol. The van der Waals surface area contributed by atoms with Crippen LogP contribution in [0.15, 0.2) is 29.8 Å². The van der Waals surface area contributed by atoms with Crippen molar-refractivity contribution in [3.8, 4) is 5.75 Å². The molecule has 1 aromatic heterocycles. The average molecular weight is 397 g/mol. The molecule has 5 atom stereocenters. The van der Waals surface area contributed by atoms with Crippen LogP contribution in [0.5, 0.6) is 5.75 Å². The van der Waals surface area contributed by atoms with Gasteiger partial charge in [-0.1, -0.05) is 6.08 Å². The Bertz CT molecular complexity index is 1040. The van der Waals surface area contributed by atoms with E-state index < -0.39 is 5.41 Å². The van der Waals surface area contributed by atoms with Gasteiger partial charge in [0.2, 0.25) is 0 Å². The smallest absolute Gasteiger partial charge is 0.320 e. The molecule has 2 aromatic rings. The third-order valence-corrected chi connectivity index (χ3v) is 8.15. The van der Waals surface area contributed by atoms with E-state index in [9.17, 15) is 9.90 Å². The van der Waals surface area contributed by atoms with Gasteiger partial charge in [0.1, 0.15) is 29.8 Å². The Kier molecular flexibility index (Phi) is 3.93. The van der Waals surface area contributed by atoms with Gasteiger partial charge in [-0.3, -0.25) is 4.79 Å². The van der Waals surface area contributed by atoms with E-state index in [-0.39, 0.29) is 30.6 Å². The zero-order valence-corrected chi connectivity index (χ0v) is 17.5. The van der Waals surface area contributed by atoms with Gasteiger partial charge >= 0.3 is 5.97 Å². The van der Waals surface area contributed by atoms with E-state index in [1.54, 1.807) is 7.11 Å². The van der Waals surface area contributed by atoms with E-state index in [1.165, 1.54) is 29.3 Å². The number of benzene rings is 1. The molecule has 0 aliphatic carbocycles. The molecule has 4 aliphatic heterocycles. The number of aromatic amines is 1. The number of carbonyl (C=O) groups is 1. The summed E-state index contributed by atoms with van der Waals surface area (Å²) >= 11 is 0. The van der Waals surface area contributed by atoms with Crippen LogP contribution in [0.25, 0.3) is 10.9 Å². The largest absolute Gasteiger partial charge is 0.497 e. The van der Waals surface area contributed by atoms with Crippen LogP contribution in [0.3, 0.4) is 0 Å². The highest BCUT2D eigenvalue weighted by Crippen LogP contribution is 2.62. The maximum atomic E-state index is 13.2. The Morgan fingerprint density at radius 3 is 2.86 bits per heavy atom. The van der Waals surface area contributed by atoms with Gasteiger partial charge in [-0.05, 0) is 30.2 Å². The number of piperidine rings is 3. The van der Waals surface area contributed by atoms with Gasteiger partial charge in [-0.2, -0.15) is 0 Å². The van der Waals surface area contributed by atoms with Crippen LogP contribution in [0.1, 0.15) is 30.6 Å². The molecule has 6 heteroatoms. The number of H-pyrrole nitrogens is 1. The van der Waals surface area contributed by atoms with Crippen molar-refractivity contribution in [2.45, 2.75) is 31.8 Å². The monoisotopic (exact) mass is 397 g/mol. The fourth-order valence-corrected chi connectivity index (χ4v) is 6.78. The lowest BCUT2D eigenvalue weighted by molar-refractivity contribution is -0.981. The zero-order valence-electron chi connectivity index (χ0n) is 17.5. The molecule has 4 aliphatic rings. The topological polar surface area (TPSA) is 71.5 Å². The molecular formula is C23H29N2O4+. The van der Waals surface area contributed by atoms with Crippen molar-refractivity contribution in [3.63, 3.8) is 0 Å². The summed E-state index contributed by atoms with van der Waals surface area (Å²) in [6, 6.07) is 6.40. The number of rotatable bonds is 3. The number of hydrogen-bond acceptors (Lipinski definition) is 4. The van der Waals surface area contributed by atoms with Gasteiger partial charge in [0.15, 0.2) is 0 Å². The molecule has 2 unspecified atom stereocenters. The second kappa shape index (κ2) is 6.09. The highest BCUT2D eigenvalue weighted by Gasteiger charge is 2.71. The second-order valence-corrected chi connectivity index (χ2v) is 9.01. The molecule has 6 nitrogen and oxygen atoms in total. The van der Waals surface area contributed by atoms with Crippen LogP contribution in [0, 0.1) is 11.3 Å². The number of methoxy groups -OCH3 is 2. The summed E-state index contributed by atoms with van der Waals surface area (Å²) < 4.78 is 11.4. The minimum absolute atomic E-state index is 0.00833. The number of aromatic nitrogens is 1. The minimum atomic E-state index is -0.895. The predicted octanol–water partition coefficient (Wildman–Crippen LogP) is 2.72. The third kappa shape index (κ3) is 2.11. The molecule has 154 valence electrons. The number of fused-ring (bicyclic) bond motifs is 4. The Morgan fingerprint density at radius 1 is 1.41 bits per heavy atom. The molecule has 1 aromatic carbocycles. The SMILES string of the molecule is C/C=C1/C[N+]2(C)[C@H]3C[C@@H]1C(CO)(C(=O)OC)[C@@H]2Cc1c3[nH]c2cc(OC)ccc12. The van der Waals surface area contributed by atoms with Crippen molar-refractivity contribution >= 4 is 16.9 Å². The summed E-state index contributed by atoms with van der Waals surface area (Å²) in [5.41, 5.74) is 4.00. The quantitative estimate of drug-likeness (QED) is 0.475. The van der Waals surface area contributed by atoms with E-state index in [1.807, 2.05) is 19.1 Å². The molecule has 29 heavy (non-hydrogen) atoms. The van der Waals surface area contributed by atoms with Crippen molar-refractivity contribution in [1.82, 2.24) is 4.98 Å². The number of carbonyl (C=O) groups excluding carboxylic acids is 1. The summed E-state index contributed by atoms with van der Waals surface area (Å²) in [7, 11) is 5.37. The maximum Gasteiger partial charge on any atom is 0.320 e. The maximum absolute atomic E-state index is 13.2. The average Bonchev–Trinajstić information content (AvgIpc) is 3.10. The molecule has 0 saturated carbocycles. The van der Waals surface area contributed by atoms with Crippen molar-refractivity contribution < 1.29 is 23.9 Å². The number of ether oxygens (including phenoxy) is 2. The Morgan fingerprint density at radius 2 is 2.21 bits per heavy atom. The van der Waals surface area contributed by atoms with E-state index in [0.29, 0.717) is 0 Å². The van der Waals surface area contributed by atoms with Crippen molar-refractivity contribution in [2.75, 3.05) is 34.4 Å². The lowest BCUT2D eigenvalue weighted by Crippen LogP contribution is -2.76. The van der Waals surface area contributed by atoms with Gasteiger partial charge in [0.05, 0.1) is 33.6 Å². The first-order valence-electron chi connectivity index (χ1n) is 10.3. The number of aliphatic hydroxyl groups excluding tert-OH is 1. The number of nitrogens with zero attached hydrogens (tertiary/aromatic N) is 1. The lowest BCUT2D eigenvalue weighted by atomic mass is 9.54. The van der Waals surface area contributed by atoms with Gasteiger partial charge in [0, 0.05) is 35.7 Å². The summed E-state index contributed by atoms with van der Waals surface area (Å²) in [4.78, 5) is 16.9.